The lowest BCUT2D eigenvalue weighted by molar-refractivity contribution is -0.122. The zero-order valence-corrected chi connectivity index (χ0v) is 12.6. The second kappa shape index (κ2) is 6.17. The summed E-state index contributed by atoms with van der Waals surface area (Å²) in [5, 5.41) is 16.2. The third kappa shape index (κ3) is 2.93. The summed E-state index contributed by atoms with van der Waals surface area (Å²) in [7, 11) is 0. The molecule has 3 aromatic heterocycles. The fraction of sp³-hybridized carbons (Fsp3) is 0.333. The number of carbonyl (C=O) groups is 1. The molecule has 3 rings (SSSR count). The van der Waals surface area contributed by atoms with Crippen molar-refractivity contribution in [2.45, 2.75) is 25.9 Å². The third-order valence-corrected chi connectivity index (χ3v) is 3.62. The van der Waals surface area contributed by atoms with E-state index in [1.807, 2.05) is 0 Å². The van der Waals surface area contributed by atoms with Gasteiger partial charge in [-0.25, -0.2) is 9.50 Å². The van der Waals surface area contributed by atoms with Gasteiger partial charge < -0.3 is 15.0 Å². The molecule has 0 bridgehead atoms. The molecule has 0 spiro atoms. The number of aromatic nitrogens is 4. The molecular weight excluding hydrogens is 298 g/mol. The normalized spacial score (nSPS) is 12.6. The number of hydrogen-bond acceptors (Lipinski definition) is 5. The molecule has 3 heterocycles. The minimum atomic E-state index is -0.298. The molecule has 0 radical (unpaired) electrons. The van der Waals surface area contributed by atoms with Crippen molar-refractivity contribution in [2.75, 3.05) is 6.61 Å². The Hall–Kier alpha value is -2.74. The van der Waals surface area contributed by atoms with Crippen LogP contribution in [0.1, 0.15) is 13.3 Å². The number of pyridine rings is 1. The van der Waals surface area contributed by atoms with Gasteiger partial charge in [0.1, 0.15) is 0 Å². The number of aliphatic hydroxyl groups is 1. The largest absolute Gasteiger partial charge is 0.394 e. The minimum absolute atomic E-state index is 0.118. The number of aryl methyl sites for hydroxylation is 1. The van der Waals surface area contributed by atoms with Crippen molar-refractivity contribution < 1.29 is 9.90 Å². The third-order valence-electron chi connectivity index (χ3n) is 3.62. The first-order valence-electron chi connectivity index (χ1n) is 7.32. The zero-order valence-electron chi connectivity index (χ0n) is 12.6. The standard InChI is InChI=1S/C15H17N5O3/c1-10(9-21)18-14(22)4-7-19-6-3-12-11(15(19)23)8-16-13-2-5-17-20(12)13/h2-3,5-6,8,10,21H,4,7,9H2,1H3,(H,18,22)/t10-/m0/s1. The van der Waals surface area contributed by atoms with E-state index < -0.39 is 0 Å². The number of rotatable bonds is 5. The summed E-state index contributed by atoms with van der Waals surface area (Å²) in [5.41, 5.74) is 1.14. The fourth-order valence-corrected chi connectivity index (χ4v) is 2.39. The SMILES string of the molecule is C[C@@H](CO)NC(=O)CCn1ccc2c(cnc3ccnn32)c1=O. The summed E-state index contributed by atoms with van der Waals surface area (Å²) in [5.74, 6) is -0.209. The highest BCUT2D eigenvalue weighted by atomic mass is 16.3. The Bertz CT molecular complexity index is 914. The Morgan fingerprint density at radius 2 is 2.26 bits per heavy atom. The lowest BCUT2D eigenvalue weighted by atomic mass is 10.3. The highest BCUT2D eigenvalue weighted by Gasteiger charge is 2.10. The van der Waals surface area contributed by atoms with Crippen LogP contribution in [0.25, 0.3) is 16.6 Å². The number of carbonyl (C=O) groups excluding carboxylic acids is 1. The molecule has 0 aliphatic heterocycles. The van der Waals surface area contributed by atoms with E-state index in [-0.39, 0.29) is 37.1 Å². The van der Waals surface area contributed by atoms with Gasteiger partial charge in [0, 0.05) is 37.5 Å². The van der Waals surface area contributed by atoms with Gasteiger partial charge in [-0.3, -0.25) is 9.59 Å². The van der Waals surface area contributed by atoms with Crippen LogP contribution >= 0.6 is 0 Å². The van der Waals surface area contributed by atoms with Crippen LogP contribution in [-0.2, 0) is 11.3 Å². The first-order valence-corrected chi connectivity index (χ1v) is 7.32. The Kier molecular flexibility index (Phi) is 4.07. The van der Waals surface area contributed by atoms with E-state index in [0.717, 1.165) is 0 Å². The quantitative estimate of drug-likeness (QED) is 0.686. The topological polar surface area (TPSA) is 102 Å². The van der Waals surface area contributed by atoms with Crippen LogP contribution in [0.3, 0.4) is 0 Å². The van der Waals surface area contributed by atoms with E-state index in [1.165, 1.54) is 10.8 Å². The molecule has 8 nitrogen and oxygen atoms in total. The second-order valence-electron chi connectivity index (χ2n) is 5.37. The molecule has 0 unspecified atom stereocenters. The number of fused-ring (bicyclic) bond motifs is 3. The summed E-state index contributed by atoms with van der Waals surface area (Å²) in [6.07, 6.45) is 4.96. The Balaban J connectivity index is 1.85. The minimum Gasteiger partial charge on any atom is -0.394 e. The van der Waals surface area contributed by atoms with Gasteiger partial charge >= 0.3 is 0 Å². The van der Waals surface area contributed by atoms with Crippen molar-refractivity contribution in [2.24, 2.45) is 0 Å². The molecule has 0 saturated heterocycles. The van der Waals surface area contributed by atoms with E-state index in [2.05, 4.69) is 15.4 Å². The molecule has 23 heavy (non-hydrogen) atoms. The van der Waals surface area contributed by atoms with Gasteiger partial charge in [0.15, 0.2) is 5.65 Å². The number of hydrogen-bond donors (Lipinski definition) is 2. The summed E-state index contributed by atoms with van der Waals surface area (Å²) < 4.78 is 3.08. The van der Waals surface area contributed by atoms with Gasteiger partial charge in [-0.2, -0.15) is 5.10 Å². The predicted octanol–water partition coefficient (Wildman–Crippen LogP) is -0.0687. The van der Waals surface area contributed by atoms with Gasteiger partial charge in [-0.15, -0.1) is 0 Å². The highest BCUT2D eigenvalue weighted by Crippen LogP contribution is 2.10. The first-order chi connectivity index (χ1) is 11.1. The van der Waals surface area contributed by atoms with Crippen molar-refractivity contribution in [3.8, 4) is 0 Å². The molecule has 1 atom stereocenters. The number of amides is 1. The maximum Gasteiger partial charge on any atom is 0.261 e. The van der Waals surface area contributed by atoms with Crippen LogP contribution in [0, 0.1) is 0 Å². The van der Waals surface area contributed by atoms with Crippen molar-refractivity contribution in [3.05, 3.63) is 41.1 Å². The van der Waals surface area contributed by atoms with Crippen LogP contribution in [0.2, 0.25) is 0 Å². The van der Waals surface area contributed by atoms with E-state index in [0.29, 0.717) is 16.6 Å². The molecular formula is C15H17N5O3. The molecule has 0 aromatic carbocycles. The lowest BCUT2D eigenvalue weighted by Crippen LogP contribution is -2.36. The summed E-state index contributed by atoms with van der Waals surface area (Å²) in [4.78, 5) is 28.4. The van der Waals surface area contributed by atoms with Crippen LogP contribution < -0.4 is 10.9 Å². The molecule has 8 heteroatoms. The van der Waals surface area contributed by atoms with E-state index in [1.54, 1.807) is 36.0 Å². The Morgan fingerprint density at radius 3 is 3.04 bits per heavy atom. The molecule has 120 valence electrons. The molecule has 0 aliphatic rings. The average Bonchev–Trinajstić information content (AvgIpc) is 3.03. The fourth-order valence-electron chi connectivity index (χ4n) is 2.39. The van der Waals surface area contributed by atoms with Crippen molar-refractivity contribution in [3.63, 3.8) is 0 Å². The number of aliphatic hydroxyl groups excluding tert-OH is 1. The number of nitrogens with one attached hydrogen (secondary N) is 1. The summed E-state index contributed by atoms with van der Waals surface area (Å²) in [6, 6.07) is 3.25. The van der Waals surface area contributed by atoms with Gasteiger partial charge in [-0.05, 0) is 13.0 Å². The maximum atomic E-state index is 12.5. The van der Waals surface area contributed by atoms with Crippen molar-refractivity contribution in [1.82, 2.24) is 24.5 Å². The van der Waals surface area contributed by atoms with Crippen molar-refractivity contribution in [1.29, 1.82) is 0 Å². The summed E-state index contributed by atoms with van der Waals surface area (Å²) >= 11 is 0. The van der Waals surface area contributed by atoms with Crippen LogP contribution in [0.4, 0.5) is 0 Å². The van der Waals surface area contributed by atoms with E-state index in [9.17, 15) is 9.59 Å². The first kappa shape index (κ1) is 15.2. The molecule has 2 N–H and O–H groups in total. The monoisotopic (exact) mass is 315 g/mol. The molecule has 0 aliphatic carbocycles. The van der Waals surface area contributed by atoms with Crippen molar-refractivity contribution >= 4 is 22.5 Å². The Morgan fingerprint density at radius 1 is 1.43 bits per heavy atom. The van der Waals surface area contributed by atoms with E-state index >= 15 is 0 Å². The van der Waals surface area contributed by atoms with Gasteiger partial charge in [0.05, 0.1) is 23.7 Å². The lowest BCUT2D eigenvalue weighted by Gasteiger charge is -2.11. The molecule has 3 aromatic rings. The smallest absolute Gasteiger partial charge is 0.261 e. The average molecular weight is 315 g/mol. The molecule has 0 saturated carbocycles. The van der Waals surface area contributed by atoms with Crippen LogP contribution in [0.5, 0.6) is 0 Å². The van der Waals surface area contributed by atoms with Gasteiger partial charge in [0.2, 0.25) is 5.91 Å². The number of nitrogens with zero attached hydrogens (tertiary/aromatic N) is 4. The predicted molar refractivity (Wildman–Crippen MR) is 84.1 cm³/mol. The highest BCUT2D eigenvalue weighted by molar-refractivity contribution is 5.79. The van der Waals surface area contributed by atoms with Gasteiger partial charge in [-0.1, -0.05) is 0 Å². The van der Waals surface area contributed by atoms with Crippen LogP contribution in [-0.4, -0.2) is 42.8 Å². The molecule has 1 amide bonds. The zero-order chi connectivity index (χ0) is 16.4. The van der Waals surface area contributed by atoms with E-state index in [4.69, 9.17) is 5.11 Å². The molecule has 0 fully saturated rings. The summed E-state index contributed by atoms with van der Waals surface area (Å²) in [6.45, 7) is 1.85. The van der Waals surface area contributed by atoms with Crippen LogP contribution in [0.15, 0.2) is 35.5 Å². The maximum absolute atomic E-state index is 12.5. The second-order valence-corrected chi connectivity index (χ2v) is 5.37. The van der Waals surface area contributed by atoms with Gasteiger partial charge in [0.25, 0.3) is 5.56 Å². The Labute approximate surface area is 131 Å².